The molecule has 0 fully saturated rings. The summed E-state index contributed by atoms with van der Waals surface area (Å²) in [6.45, 7) is 0. The topological polar surface area (TPSA) is 95.7 Å². The van der Waals surface area contributed by atoms with Crippen molar-refractivity contribution in [3.05, 3.63) is 35.4 Å². The van der Waals surface area contributed by atoms with E-state index in [1.165, 1.54) is 0 Å². The Morgan fingerprint density at radius 2 is 1.58 bits per heavy atom. The maximum Gasteiger partial charge on any atom is 0.336 e. The van der Waals surface area contributed by atoms with Crippen molar-refractivity contribution in [3.63, 3.8) is 0 Å². The minimum absolute atomic E-state index is 0.516. The second-order valence-corrected chi connectivity index (χ2v) is 3.42. The summed E-state index contributed by atoms with van der Waals surface area (Å²) in [5, 5.41) is 0. The molecule has 19 heavy (non-hydrogen) atoms. The number of hydrogen-bond donors (Lipinski definition) is 1. The average Bonchev–Trinajstić information content (AvgIpc) is 2.37. The highest BCUT2D eigenvalue weighted by atomic mass is 19.1. The van der Waals surface area contributed by atoms with Crippen molar-refractivity contribution < 1.29 is 32.6 Å². The molecule has 1 heterocycles. The van der Waals surface area contributed by atoms with Crippen molar-refractivity contribution in [2.45, 2.75) is 0 Å². The molecule has 0 spiro atoms. The number of primary amides is 1. The van der Waals surface area contributed by atoms with Crippen LogP contribution in [0.2, 0.25) is 0 Å². The van der Waals surface area contributed by atoms with Crippen LogP contribution in [0.4, 0.5) is 8.78 Å². The fourth-order valence-electron chi connectivity index (χ4n) is 1.37. The van der Waals surface area contributed by atoms with E-state index >= 15 is 0 Å². The predicted molar refractivity (Wildman–Crippen MR) is 55.3 cm³/mol. The van der Waals surface area contributed by atoms with Crippen molar-refractivity contribution in [3.8, 4) is 11.5 Å². The van der Waals surface area contributed by atoms with Crippen LogP contribution < -0.4 is 15.2 Å². The molecule has 6 nitrogen and oxygen atoms in total. The highest BCUT2D eigenvalue weighted by Crippen LogP contribution is 2.34. The molecule has 1 aromatic rings. The number of amides is 1. The van der Waals surface area contributed by atoms with E-state index in [2.05, 4.69) is 9.47 Å². The number of hydrogen-bond acceptors (Lipinski definition) is 5. The molecule has 0 saturated heterocycles. The Labute approximate surface area is 104 Å². The molecule has 8 heteroatoms. The van der Waals surface area contributed by atoms with Gasteiger partial charge < -0.3 is 15.2 Å². The van der Waals surface area contributed by atoms with Gasteiger partial charge in [-0.15, -0.1) is 0 Å². The largest absolute Gasteiger partial charge is 0.419 e. The summed E-state index contributed by atoms with van der Waals surface area (Å²) in [7, 11) is 0. The summed E-state index contributed by atoms with van der Waals surface area (Å²) in [5.41, 5.74) is 4.23. The minimum Gasteiger partial charge on any atom is -0.419 e. The van der Waals surface area contributed by atoms with Gasteiger partial charge >= 0.3 is 11.9 Å². The molecule has 0 atom stereocenters. The number of carbonyl (C=O) groups is 3. The molecule has 0 saturated carbocycles. The molecular weight excluding hydrogens is 264 g/mol. The third-order valence-electron chi connectivity index (χ3n) is 2.16. The summed E-state index contributed by atoms with van der Waals surface area (Å²) >= 11 is 0. The van der Waals surface area contributed by atoms with Crippen LogP contribution in [0.1, 0.15) is 10.4 Å². The number of nitrogens with two attached hydrogens (primary N) is 1. The standard InChI is InChI=1S/C11H5F2NO5/c12-5-3-4(11(14)17)9-8(13)10(5)19-7(16)2-1-6(15)18-9/h1-3H,(H2,14,17)/b2-1+. The molecule has 0 radical (unpaired) electrons. The summed E-state index contributed by atoms with van der Waals surface area (Å²) in [5.74, 6) is -8.32. The van der Waals surface area contributed by atoms with E-state index in [0.717, 1.165) is 0 Å². The van der Waals surface area contributed by atoms with Crippen molar-refractivity contribution in [1.82, 2.24) is 0 Å². The first-order chi connectivity index (χ1) is 8.90. The zero-order valence-corrected chi connectivity index (χ0v) is 9.11. The molecule has 2 bridgehead atoms. The third-order valence-corrected chi connectivity index (χ3v) is 2.16. The van der Waals surface area contributed by atoms with Gasteiger partial charge in [0.15, 0.2) is 11.6 Å². The second kappa shape index (κ2) is 4.48. The molecule has 1 aliphatic rings. The summed E-state index contributed by atoms with van der Waals surface area (Å²) in [4.78, 5) is 33.4. The summed E-state index contributed by atoms with van der Waals surface area (Å²) in [6.07, 6.45) is 1.27. The number of carbonyl (C=O) groups excluding carboxylic acids is 3. The SMILES string of the molecule is NC(=O)c1cc(F)c2c(F)c1OC(=O)/C=C/C(=O)O2. The molecule has 2 rings (SSSR count). The minimum atomic E-state index is -1.50. The van der Waals surface area contributed by atoms with Gasteiger partial charge in [0.1, 0.15) is 0 Å². The third kappa shape index (κ3) is 2.28. The van der Waals surface area contributed by atoms with E-state index in [1.807, 2.05) is 0 Å². The van der Waals surface area contributed by atoms with Crippen molar-refractivity contribution >= 4 is 17.8 Å². The summed E-state index contributed by atoms with van der Waals surface area (Å²) in [6, 6.07) is 0.516. The van der Waals surface area contributed by atoms with Gasteiger partial charge in [-0.05, 0) is 6.07 Å². The van der Waals surface area contributed by atoms with Gasteiger partial charge in [0.2, 0.25) is 11.6 Å². The normalized spacial score (nSPS) is 15.7. The van der Waals surface area contributed by atoms with Crippen molar-refractivity contribution in [1.29, 1.82) is 0 Å². The number of benzene rings is 1. The van der Waals surface area contributed by atoms with Gasteiger partial charge in [-0.3, -0.25) is 4.79 Å². The van der Waals surface area contributed by atoms with Gasteiger partial charge in [-0.1, -0.05) is 0 Å². The van der Waals surface area contributed by atoms with E-state index in [0.29, 0.717) is 18.2 Å². The molecule has 2 N–H and O–H groups in total. The van der Waals surface area contributed by atoms with Gasteiger partial charge in [-0.2, -0.15) is 4.39 Å². The van der Waals surface area contributed by atoms with E-state index in [9.17, 15) is 23.2 Å². The zero-order chi connectivity index (χ0) is 14.2. The molecule has 1 aliphatic heterocycles. The second-order valence-electron chi connectivity index (χ2n) is 3.42. The fraction of sp³-hybridized carbons (Fsp3) is 0. The number of esters is 2. The van der Waals surface area contributed by atoms with Crippen LogP contribution in [0.15, 0.2) is 18.2 Å². The van der Waals surface area contributed by atoms with Crippen LogP contribution in [-0.4, -0.2) is 17.8 Å². The van der Waals surface area contributed by atoms with E-state index in [-0.39, 0.29) is 0 Å². The number of ether oxygens (including phenoxy) is 2. The maximum atomic E-state index is 13.9. The van der Waals surface area contributed by atoms with Gasteiger partial charge in [0, 0.05) is 12.2 Å². The molecule has 1 amide bonds. The number of halogens is 2. The van der Waals surface area contributed by atoms with Crippen LogP contribution in [0.5, 0.6) is 11.5 Å². The molecular formula is C11H5F2NO5. The predicted octanol–water partition coefficient (Wildman–Crippen LogP) is 0.444. The highest BCUT2D eigenvalue weighted by Gasteiger charge is 2.27. The Morgan fingerprint density at radius 3 is 2.11 bits per heavy atom. The monoisotopic (exact) mass is 269 g/mol. The molecule has 0 unspecified atom stereocenters. The number of rotatable bonds is 1. The Bertz CT molecular complexity index is 638. The Balaban J connectivity index is 2.73. The number of fused-ring (bicyclic) bond motifs is 2. The fourth-order valence-corrected chi connectivity index (χ4v) is 1.37. The quantitative estimate of drug-likeness (QED) is 0.589. The van der Waals surface area contributed by atoms with E-state index < -0.39 is 46.5 Å². The Kier molecular flexibility index (Phi) is 2.99. The lowest BCUT2D eigenvalue weighted by molar-refractivity contribution is -0.131. The average molecular weight is 269 g/mol. The first kappa shape index (κ1) is 12.7. The Hall–Kier alpha value is -2.77. The zero-order valence-electron chi connectivity index (χ0n) is 9.11. The first-order valence-electron chi connectivity index (χ1n) is 4.83. The van der Waals surface area contributed by atoms with Gasteiger partial charge in [0.05, 0.1) is 5.56 Å². The van der Waals surface area contributed by atoms with Crippen LogP contribution >= 0.6 is 0 Å². The lowest BCUT2D eigenvalue weighted by atomic mass is 10.1. The van der Waals surface area contributed by atoms with E-state index in [1.54, 1.807) is 0 Å². The molecule has 0 aliphatic carbocycles. The highest BCUT2D eigenvalue weighted by molar-refractivity contribution is 5.99. The Morgan fingerprint density at radius 1 is 1.05 bits per heavy atom. The van der Waals surface area contributed by atoms with Gasteiger partial charge in [0.25, 0.3) is 5.91 Å². The molecule has 98 valence electrons. The smallest absolute Gasteiger partial charge is 0.336 e. The lowest BCUT2D eigenvalue weighted by Gasteiger charge is -2.10. The first-order valence-corrected chi connectivity index (χ1v) is 4.83. The van der Waals surface area contributed by atoms with Crippen LogP contribution in [0, 0.1) is 11.6 Å². The lowest BCUT2D eigenvalue weighted by Crippen LogP contribution is -2.17. The molecule has 1 aromatic carbocycles. The van der Waals surface area contributed by atoms with Crippen molar-refractivity contribution in [2.24, 2.45) is 5.73 Å². The summed E-state index contributed by atoms with van der Waals surface area (Å²) < 4.78 is 36.2. The maximum absolute atomic E-state index is 13.9. The van der Waals surface area contributed by atoms with Gasteiger partial charge in [-0.25, -0.2) is 14.0 Å². The van der Waals surface area contributed by atoms with Crippen molar-refractivity contribution in [2.75, 3.05) is 0 Å². The van der Waals surface area contributed by atoms with E-state index in [4.69, 9.17) is 5.73 Å². The molecule has 0 aromatic heterocycles. The van der Waals surface area contributed by atoms with Crippen LogP contribution in [0.25, 0.3) is 0 Å². The van der Waals surface area contributed by atoms with Crippen LogP contribution in [-0.2, 0) is 9.59 Å². The van der Waals surface area contributed by atoms with Crippen LogP contribution in [0.3, 0.4) is 0 Å².